The lowest BCUT2D eigenvalue weighted by Crippen LogP contribution is -2.25. The first-order valence-corrected chi connectivity index (χ1v) is 10.7. The number of aryl methyl sites for hydroxylation is 3. The molecule has 0 bridgehead atoms. The molecule has 164 valence electrons. The van der Waals surface area contributed by atoms with Crippen LogP contribution in [0.4, 0.5) is 5.69 Å². The van der Waals surface area contributed by atoms with Crippen LogP contribution in [0.25, 0.3) is 10.9 Å². The number of rotatable bonds is 6. The van der Waals surface area contributed by atoms with E-state index in [4.69, 9.17) is 0 Å². The van der Waals surface area contributed by atoms with Crippen LogP contribution in [0.15, 0.2) is 48.5 Å². The predicted octanol–water partition coefficient (Wildman–Crippen LogP) is 4.49. The topological polar surface area (TPSA) is 91.8 Å². The van der Waals surface area contributed by atoms with Crippen LogP contribution in [-0.4, -0.2) is 26.6 Å². The second-order valence-electron chi connectivity index (χ2n) is 7.89. The fraction of sp³-hybridized carbons (Fsp3) is 0.240. The molecular formula is C25H27N5O2. The number of anilines is 1. The molecule has 0 fully saturated rings. The van der Waals surface area contributed by atoms with E-state index in [0.717, 1.165) is 40.0 Å². The quantitative estimate of drug-likeness (QED) is 0.422. The van der Waals surface area contributed by atoms with Crippen LogP contribution in [0.2, 0.25) is 0 Å². The maximum atomic E-state index is 13.1. The van der Waals surface area contributed by atoms with E-state index in [2.05, 4.69) is 20.7 Å². The molecule has 0 saturated carbocycles. The number of aromatic nitrogens is 3. The summed E-state index contributed by atoms with van der Waals surface area (Å²) in [6.45, 7) is 9.08. The van der Waals surface area contributed by atoms with Gasteiger partial charge in [0, 0.05) is 40.8 Å². The normalized spacial score (nSPS) is 11.0. The molecule has 2 amide bonds. The molecule has 32 heavy (non-hydrogen) atoms. The van der Waals surface area contributed by atoms with Crippen LogP contribution in [0.5, 0.6) is 0 Å². The number of nitrogens with zero attached hydrogens (tertiary/aromatic N) is 2. The molecule has 0 radical (unpaired) electrons. The van der Waals surface area contributed by atoms with Crippen molar-refractivity contribution in [2.75, 3.05) is 5.32 Å². The van der Waals surface area contributed by atoms with Crippen molar-refractivity contribution < 1.29 is 9.59 Å². The molecule has 0 atom stereocenters. The number of carbonyl (C=O) groups excluding carboxylic acids is 2. The summed E-state index contributed by atoms with van der Waals surface area (Å²) in [5.74, 6) is -0.553. The highest BCUT2D eigenvalue weighted by Crippen LogP contribution is 2.28. The van der Waals surface area contributed by atoms with E-state index < -0.39 is 0 Å². The number of nitrogens with one attached hydrogen (secondary N) is 3. The summed E-state index contributed by atoms with van der Waals surface area (Å²) < 4.78 is 1.92. The molecule has 7 nitrogen and oxygen atoms in total. The van der Waals surface area contributed by atoms with Gasteiger partial charge in [-0.1, -0.05) is 35.9 Å². The highest BCUT2D eigenvalue weighted by atomic mass is 16.2. The fourth-order valence-corrected chi connectivity index (χ4v) is 3.89. The zero-order valence-electron chi connectivity index (χ0n) is 18.7. The lowest BCUT2D eigenvalue weighted by atomic mass is 10.1. The van der Waals surface area contributed by atoms with Crippen molar-refractivity contribution >= 4 is 28.4 Å². The Morgan fingerprint density at radius 3 is 2.41 bits per heavy atom. The molecule has 0 aliphatic heterocycles. The number of para-hydroxylation sites is 1. The SMILES string of the molecule is CCn1nc(C)c(CNC(=O)c2[nH]c3ccccc3c2NC(=O)c2ccc(C)cc2)c1C. The second-order valence-corrected chi connectivity index (χ2v) is 7.89. The van der Waals surface area contributed by atoms with Gasteiger partial charge in [0.25, 0.3) is 11.8 Å². The van der Waals surface area contributed by atoms with Crippen molar-refractivity contribution in [2.45, 2.75) is 40.8 Å². The van der Waals surface area contributed by atoms with Crippen LogP contribution in [0.3, 0.4) is 0 Å². The maximum absolute atomic E-state index is 13.1. The fourth-order valence-electron chi connectivity index (χ4n) is 3.89. The highest BCUT2D eigenvalue weighted by Gasteiger charge is 2.21. The smallest absolute Gasteiger partial charge is 0.270 e. The van der Waals surface area contributed by atoms with Gasteiger partial charge in [-0.2, -0.15) is 5.10 Å². The average Bonchev–Trinajstić information content (AvgIpc) is 3.29. The lowest BCUT2D eigenvalue weighted by molar-refractivity contribution is 0.0947. The Balaban J connectivity index is 1.62. The molecule has 0 spiro atoms. The third-order valence-electron chi connectivity index (χ3n) is 5.74. The number of aromatic amines is 1. The predicted molar refractivity (Wildman–Crippen MR) is 126 cm³/mol. The third-order valence-corrected chi connectivity index (χ3v) is 5.74. The van der Waals surface area contributed by atoms with E-state index in [9.17, 15) is 9.59 Å². The van der Waals surface area contributed by atoms with Crippen molar-refractivity contribution in [2.24, 2.45) is 0 Å². The van der Waals surface area contributed by atoms with E-state index in [0.29, 0.717) is 23.5 Å². The standard InChI is InChI=1S/C25H27N5O2/c1-5-30-17(4)20(16(3)29-30)14-26-25(32)23-22(19-8-6-7-9-21(19)27-23)28-24(31)18-12-10-15(2)11-13-18/h6-13,27H,5,14H2,1-4H3,(H,26,32)(H,28,31). The van der Waals surface area contributed by atoms with Gasteiger partial charge >= 0.3 is 0 Å². The number of hydrogen-bond acceptors (Lipinski definition) is 3. The van der Waals surface area contributed by atoms with Gasteiger partial charge in [0.15, 0.2) is 0 Å². The monoisotopic (exact) mass is 429 g/mol. The summed E-state index contributed by atoms with van der Waals surface area (Å²) in [6, 6.07) is 14.9. The molecule has 2 heterocycles. The molecule has 0 unspecified atom stereocenters. The third kappa shape index (κ3) is 4.01. The van der Waals surface area contributed by atoms with Crippen LogP contribution < -0.4 is 10.6 Å². The van der Waals surface area contributed by atoms with Gasteiger partial charge in [-0.05, 0) is 45.9 Å². The minimum atomic E-state index is -0.288. The van der Waals surface area contributed by atoms with Gasteiger partial charge in [0.2, 0.25) is 0 Å². The Hall–Kier alpha value is -3.87. The molecule has 2 aromatic heterocycles. The van der Waals surface area contributed by atoms with Gasteiger partial charge in [0.1, 0.15) is 5.69 Å². The molecular weight excluding hydrogens is 402 g/mol. The molecule has 2 aromatic carbocycles. The Labute approximate surface area is 186 Å². The van der Waals surface area contributed by atoms with Crippen LogP contribution in [0.1, 0.15) is 50.3 Å². The molecule has 0 aliphatic carbocycles. The van der Waals surface area contributed by atoms with Gasteiger partial charge in [-0.3, -0.25) is 14.3 Å². The van der Waals surface area contributed by atoms with Gasteiger partial charge in [0.05, 0.1) is 11.4 Å². The number of amides is 2. The summed E-state index contributed by atoms with van der Waals surface area (Å²) in [6.07, 6.45) is 0. The van der Waals surface area contributed by atoms with E-state index in [-0.39, 0.29) is 11.8 Å². The van der Waals surface area contributed by atoms with E-state index >= 15 is 0 Å². The van der Waals surface area contributed by atoms with Crippen molar-refractivity contribution in [1.29, 1.82) is 0 Å². The highest BCUT2D eigenvalue weighted by molar-refractivity contribution is 6.15. The summed E-state index contributed by atoms with van der Waals surface area (Å²) in [5.41, 5.74) is 6.12. The van der Waals surface area contributed by atoms with E-state index in [1.54, 1.807) is 12.1 Å². The Morgan fingerprint density at radius 1 is 1.00 bits per heavy atom. The Bertz CT molecular complexity index is 1300. The zero-order valence-corrected chi connectivity index (χ0v) is 18.7. The summed E-state index contributed by atoms with van der Waals surface area (Å²) in [7, 11) is 0. The van der Waals surface area contributed by atoms with E-state index in [1.165, 1.54) is 0 Å². The van der Waals surface area contributed by atoms with Crippen molar-refractivity contribution in [3.05, 3.63) is 82.3 Å². The van der Waals surface area contributed by atoms with Crippen LogP contribution >= 0.6 is 0 Å². The minimum absolute atomic E-state index is 0.264. The molecule has 0 aliphatic rings. The van der Waals surface area contributed by atoms with Crippen molar-refractivity contribution in [3.8, 4) is 0 Å². The lowest BCUT2D eigenvalue weighted by Gasteiger charge is -2.09. The van der Waals surface area contributed by atoms with Gasteiger partial charge < -0.3 is 15.6 Å². The zero-order chi connectivity index (χ0) is 22.8. The number of H-pyrrole nitrogens is 1. The summed E-state index contributed by atoms with van der Waals surface area (Å²) in [5, 5.41) is 11.2. The molecule has 4 rings (SSSR count). The summed E-state index contributed by atoms with van der Waals surface area (Å²) >= 11 is 0. The first-order valence-electron chi connectivity index (χ1n) is 10.7. The van der Waals surface area contributed by atoms with Crippen molar-refractivity contribution in [1.82, 2.24) is 20.1 Å². The number of fused-ring (bicyclic) bond motifs is 1. The first-order chi connectivity index (χ1) is 15.4. The van der Waals surface area contributed by atoms with Gasteiger partial charge in [-0.15, -0.1) is 0 Å². The second kappa shape index (κ2) is 8.70. The molecule has 4 aromatic rings. The minimum Gasteiger partial charge on any atom is -0.349 e. The summed E-state index contributed by atoms with van der Waals surface area (Å²) in [4.78, 5) is 29.2. The number of benzene rings is 2. The Kier molecular flexibility index (Phi) is 5.81. The average molecular weight is 430 g/mol. The first kappa shape index (κ1) is 21.4. The Morgan fingerprint density at radius 2 is 1.72 bits per heavy atom. The van der Waals surface area contributed by atoms with Crippen molar-refractivity contribution in [3.63, 3.8) is 0 Å². The molecule has 7 heteroatoms. The largest absolute Gasteiger partial charge is 0.349 e. The van der Waals surface area contributed by atoms with E-state index in [1.807, 2.05) is 68.8 Å². The van der Waals surface area contributed by atoms with Crippen LogP contribution in [0, 0.1) is 20.8 Å². The number of carbonyl (C=O) groups is 2. The van der Waals surface area contributed by atoms with Gasteiger partial charge in [-0.25, -0.2) is 0 Å². The van der Waals surface area contributed by atoms with Crippen LogP contribution in [-0.2, 0) is 13.1 Å². The molecule has 0 saturated heterocycles. The molecule has 3 N–H and O–H groups in total. The number of hydrogen-bond donors (Lipinski definition) is 3. The maximum Gasteiger partial charge on any atom is 0.270 e.